The third-order valence-corrected chi connectivity index (χ3v) is 5.76. The summed E-state index contributed by atoms with van der Waals surface area (Å²) in [6, 6.07) is 13.6. The molecule has 0 N–H and O–H groups in total. The van der Waals surface area contributed by atoms with E-state index in [1.54, 1.807) is 14.0 Å². The number of carbonyl (C=O) groups is 1. The van der Waals surface area contributed by atoms with Gasteiger partial charge in [0.1, 0.15) is 23.1 Å². The van der Waals surface area contributed by atoms with Crippen LogP contribution in [0.3, 0.4) is 0 Å². The molecule has 152 valence electrons. The Kier molecular flexibility index (Phi) is 5.94. The monoisotopic (exact) mass is 410 g/mol. The zero-order chi connectivity index (χ0) is 21.2. The van der Waals surface area contributed by atoms with Gasteiger partial charge in [0.2, 0.25) is 0 Å². The molecule has 0 aliphatic heterocycles. The van der Waals surface area contributed by atoms with Crippen molar-refractivity contribution >= 4 is 17.3 Å². The van der Waals surface area contributed by atoms with Gasteiger partial charge in [-0.05, 0) is 36.1 Å². The lowest BCUT2D eigenvalue weighted by Crippen LogP contribution is -2.21. The molecule has 5 nitrogen and oxygen atoms in total. The topological polar surface area (TPSA) is 71.5 Å². The van der Waals surface area contributed by atoms with Crippen LogP contribution in [0, 0.1) is 6.92 Å². The third kappa shape index (κ3) is 4.77. The molecule has 0 bridgehead atoms. The number of aromatic carboxylic acids is 1. The van der Waals surface area contributed by atoms with Gasteiger partial charge in [-0.15, -0.1) is 11.3 Å². The Morgan fingerprint density at radius 2 is 1.83 bits per heavy atom. The Morgan fingerprint density at radius 3 is 2.38 bits per heavy atom. The molecular weight excluding hydrogens is 386 g/mol. The molecule has 0 radical (unpaired) electrons. The molecule has 2 aromatic carbocycles. The molecule has 0 amide bonds. The minimum Gasteiger partial charge on any atom is -0.544 e. The van der Waals surface area contributed by atoms with Gasteiger partial charge in [-0.25, -0.2) is 4.98 Å². The first-order valence-electron chi connectivity index (χ1n) is 9.28. The highest BCUT2D eigenvalue weighted by Crippen LogP contribution is 2.35. The summed E-state index contributed by atoms with van der Waals surface area (Å²) in [7, 11) is 1.66. The smallest absolute Gasteiger partial charge is 0.124 e. The molecule has 0 saturated carbocycles. The first kappa shape index (κ1) is 20.9. The average Bonchev–Trinajstić information content (AvgIpc) is 3.08. The fourth-order valence-electron chi connectivity index (χ4n) is 2.96. The first-order chi connectivity index (χ1) is 13.7. The maximum atomic E-state index is 11.1. The fourth-order valence-corrected chi connectivity index (χ4v) is 3.87. The first-order valence-corrected chi connectivity index (χ1v) is 10.1. The second kappa shape index (κ2) is 8.25. The van der Waals surface area contributed by atoms with Crippen LogP contribution in [-0.4, -0.2) is 18.1 Å². The largest absolute Gasteiger partial charge is 0.544 e. The lowest BCUT2D eigenvalue weighted by atomic mass is 9.86. The van der Waals surface area contributed by atoms with Crippen LogP contribution in [0.5, 0.6) is 11.5 Å². The summed E-state index contributed by atoms with van der Waals surface area (Å²) in [5.41, 5.74) is 3.37. The van der Waals surface area contributed by atoms with Gasteiger partial charge in [0.25, 0.3) is 0 Å². The second-order valence-corrected chi connectivity index (χ2v) is 8.82. The second-order valence-electron chi connectivity index (χ2n) is 7.82. The van der Waals surface area contributed by atoms with Gasteiger partial charge in [0, 0.05) is 11.1 Å². The fraction of sp³-hybridized carbons (Fsp3) is 0.304. The maximum absolute atomic E-state index is 11.1. The van der Waals surface area contributed by atoms with Gasteiger partial charge in [-0.3, -0.25) is 0 Å². The summed E-state index contributed by atoms with van der Waals surface area (Å²) in [5, 5.41) is 11.8. The van der Waals surface area contributed by atoms with Crippen LogP contribution < -0.4 is 14.6 Å². The summed E-state index contributed by atoms with van der Waals surface area (Å²) < 4.78 is 11.4. The van der Waals surface area contributed by atoms with Gasteiger partial charge in [-0.2, -0.15) is 0 Å². The van der Waals surface area contributed by atoms with Crippen molar-refractivity contribution in [2.75, 3.05) is 7.11 Å². The maximum Gasteiger partial charge on any atom is 0.124 e. The standard InChI is InChI=1S/C23H25NO4S/c1-14-20(22(25)26)29-21(24-14)16-8-6-15(7-9-16)13-28-19-11-10-17(27-5)12-18(19)23(2,3)4/h6-12H,13H2,1-5H3,(H,25,26)/p-1. The Labute approximate surface area is 175 Å². The van der Waals surface area contributed by atoms with Crippen molar-refractivity contribution in [2.24, 2.45) is 0 Å². The highest BCUT2D eigenvalue weighted by atomic mass is 32.1. The molecule has 1 aromatic heterocycles. The quantitative estimate of drug-likeness (QED) is 0.603. The Morgan fingerprint density at radius 1 is 1.14 bits per heavy atom. The van der Waals surface area contributed by atoms with Crippen LogP contribution in [0.2, 0.25) is 0 Å². The normalized spacial score (nSPS) is 11.3. The van der Waals surface area contributed by atoms with Crippen molar-refractivity contribution < 1.29 is 19.4 Å². The molecule has 1 heterocycles. The number of carboxylic acid groups (broad SMARTS) is 1. The summed E-state index contributed by atoms with van der Waals surface area (Å²) >= 11 is 1.13. The molecule has 0 spiro atoms. The van der Waals surface area contributed by atoms with Crippen LogP contribution in [0.25, 0.3) is 10.6 Å². The minimum atomic E-state index is -1.19. The van der Waals surface area contributed by atoms with E-state index in [-0.39, 0.29) is 10.3 Å². The number of aromatic nitrogens is 1. The van der Waals surface area contributed by atoms with Crippen LogP contribution in [0.4, 0.5) is 0 Å². The number of methoxy groups -OCH3 is 1. The van der Waals surface area contributed by atoms with Crippen molar-refractivity contribution in [3.63, 3.8) is 0 Å². The van der Waals surface area contributed by atoms with E-state index in [0.717, 1.165) is 39.5 Å². The van der Waals surface area contributed by atoms with Crippen molar-refractivity contribution in [3.05, 3.63) is 64.2 Å². The van der Waals surface area contributed by atoms with Crippen molar-refractivity contribution in [3.8, 4) is 22.1 Å². The Hall–Kier alpha value is -2.86. The Balaban J connectivity index is 1.76. The molecule has 0 aliphatic rings. The lowest BCUT2D eigenvalue weighted by Gasteiger charge is -2.23. The third-order valence-electron chi connectivity index (χ3n) is 4.57. The zero-order valence-electron chi connectivity index (χ0n) is 17.2. The minimum absolute atomic E-state index is 0.0763. The number of benzene rings is 2. The number of aryl methyl sites for hydroxylation is 1. The number of rotatable bonds is 6. The number of ether oxygens (including phenoxy) is 2. The average molecular weight is 411 g/mol. The number of nitrogens with zero attached hydrogens (tertiary/aromatic N) is 1. The van der Waals surface area contributed by atoms with Gasteiger partial charge < -0.3 is 19.4 Å². The lowest BCUT2D eigenvalue weighted by molar-refractivity contribution is -0.254. The van der Waals surface area contributed by atoms with Crippen molar-refractivity contribution in [1.29, 1.82) is 0 Å². The van der Waals surface area contributed by atoms with E-state index >= 15 is 0 Å². The van der Waals surface area contributed by atoms with Crippen LogP contribution in [0.1, 0.15) is 47.3 Å². The predicted molar refractivity (Wildman–Crippen MR) is 113 cm³/mol. The van der Waals surface area contributed by atoms with Gasteiger partial charge in [0.05, 0.1) is 23.7 Å². The summed E-state index contributed by atoms with van der Waals surface area (Å²) in [6.07, 6.45) is 0. The van der Waals surface area contributed by atoms with E-state index in [1.807, 2.05) is 42.5 Å². The van der Waals surface area contributed by atoms with Crippen LogP contribution in [0.15, 0.2) is 42.5 Å². The van der Waals surface area contributed by atoms with Gasteiger partial charge >= 0.3 is 0 Å². The predicted octanol–water partition coefficient (Wildman–Crippen LogP) is 4.37. The van der Waals surface area contributed by atoms with E-state index in [0.29, 0.717) is 17.3 Å². The highest BCUT2D eigenvalue weighted by molar-refractivity contribution is 7.17. The molecule has 0 atom stereocenters. The Bertz CT molecular complexity index is 1020. The number of hydrogen-bond acceptors (Lipinski definition) is 6. The highest BCUT2D eigenvalue weighted by Gasteiger charge is 2.20. The van der Waals surface area contributed by atoms with E-state index in [1.165, 1.54) is 0 Å². The molecule has 3 aromatic rings. The molecule has 0 aliphatic carbocycles. The zero-order valence-corrected chi connectivity index (χ0v) is 18.1. The molecule has 0 unspecified atom stereocenters. The van der Waals surface area contributed by atoms with Crippen molar-refractivity contribution in [2.45, 2.75) is 39.7 Å². The van der Waals surface area contributed by atoms with Crippen molar-refractivity contribution in [1.82, 2.24) is 4.98 Å². The number of hydrogen-bond donors (Lipinski definition) is 0. The number of carboxylic acids is 1. The molecular formula is C23H24NO4S-. The SMILES string of the molecule is COc1ccc(OCc2ccc(-c3nc(C)c(C(=O)[O-])s3)cc2)c(C(C)(C)C)c1. The molecule has 6 heteroatoms. The van der Waals surface area contributed by atoms with Crippen LogP contribution >= 0.6 is 11.3 Å². The van der Waals surface area contributed by atoms with E-state index in [9.17, 15) is 9.90 Å². The number of carbonyl (C=O) groups excluding carboxylic acids is 1. The van der Waals surface area contributed by atoms with Gasteiger partial charge in [-0.1, -0.05) is 45.0 Å². The molecule has 0 saturated heterocycles. The molecule has 3 rings (SSSR count). The number of thiazole rings is 1. The summed E-state index contributed by atoms with van der Waals surface area (Å²) in [4.78, 5) is 15.6. The summed E-state index contributed by atoms with van der Waals surface area (Å²) in [5.74, 6) is 0.447. The van der Waals surface area contributed by atoms with Crippen LogP contribution in [-0.2, 0) is 12.0 Å². The van der Waals surface area contributed by atoms with Gasteiger partial charge in [0.15, 0.2) is 0 Å². The molecule has 0 fully saturated rings. The molecule has 29 heavy (non-hydrogen) atoms. The van der Waals surface area contributed by atoms with E-state index in [2.05, 4.69) is 25.8 Å². The van der Waals surface area contributed by atoms with E-state index in [4.69, 9.17) is 9.47 Å². The van der Waals surface area contributed by atoms with E-state index < -0.39 is 5.97 Å². The summed E-state index contributed by atoms with van der Waals surface area (Å²) in [6.45, 7) is 8.52.